The van der Waals surface area contributed by atoms with E-state index in [1.165, 1.54) is 18.7 Å². The summed E-state index contributed by atoms with van der Waals surface area (Å²) in [7, 11) is 1.56. The molecule has 0 radical (unpaired) electrons. The van der Waals surface area contributed by atoms with Crippen molar-refractivity contribution in [2.75, 3.05) is 17.2 Å². The van der Waals surface area contributed by atoms with Crippen LogP contribution >= 0.6 is 34.4 Å². The van der Waals surface area contributed by atoms with E-state index in [9.17, 15) is 14.4 Å². The van der Waals surface area contributed by atoms with Crippen molar-refractivity contribution in [2.24, 2.45) is 0 Å². The topological polar surface area (TPSA) is 119 Å². The molecule has 9 heteroatoms. The number of carbonyl (C=O) groups excluding carboxylic acids is 2. The maximum atomic E-state index is 12.0. The highest BCUT2D eigenvalue weighted by atomic mass is 127. The first-order valence-electron chi connectivity index (χ1n) is 6.27. The van der Waals surface area contributed by atoms with Crippen LogP contribution in [0.25, 0.3) is 0 Å². The van der Waals surface area contributed by atoms with Gasteiger partial charge in [0.1, 0.15) is 0 Å². The van der Waals surface area contributed by atoms with Gasteiger partial charge in [-0.1, -0.05) is 22.6 Å². The molecular weight excluding hydrogens is 409 g/mol. The van der Waals surface area contributed by atoms with Crippen LogP contribution in [0.5, 0.6) is 0 Å². The lowest BCUT2D eigenvalue weighted by molar-refractivity contribution is -0.137. The number of carboxylic acid groups (broad SMARTS) is 1. The summed E-state index contributed by atoms with van der Waals surface area (Å²) < 4.78 is 0.554. The molecule has 0 aliphatic carbocycles. The van der Waals surface area contributed by atoms with E-state index in [4.69, 9.17) is 10.5 Å². The van der Waals surface area contributed by atoms with E-state index in [0.717, 1.165) is 0 Å². The van der Waals surface area contributed by atoms with Gasteiger partial charge in [-0.25, -0.2) is 0 Å². The minimum absolute atomic E-state index is 0.127. The van der Waals surface area contributed by atoms with Crippen LogP contribution in [0, 0.1) is 5.41 Å². The second-order valence-electron chi connectivity index (χ2n) is 4.31. The predicted octanol–water partition coefficient (Wildman–Crippen LogP) is 0.658. The molecule has 0 rings (SSSR count). The molecule has 2 atom stereocenters. The largest absolute Gasteiger partial charge is 0.481 e. The van der Waals surface area contributed by atoms with Gasteiger partial charge in [0, 0.05) is 16.6 Å². The minimum Gasteiger partial charge on any atom is -0.481 e. The van der Waals surface area contributed by atoms with Gasteiger partial charge in [0.05, 0.1) is 17.1 Å². The second-order valence-corrected chi connectivity index (χ2v) is 6.19. The fourth-order valence-corrected chi connectivity index (χ4v) is 2.85. The number of likely N-dealkylation sites (N-methyl/N-ethyl adjacent to an activating group) is 1. The van der Waals surface area contributed by atoms with Crippen molar-refractivity contribution in [1.29, 1.82) is 5.41 Å². The summed E-state index contributed by atoms with van der Waals surface area (Å²) in [5.74, 6) is -1.26. The summed E-state index contributed by atoms with van der Waals surface area (Å²) in [5.41, 5.74) is 0. The van der Waals surface area contributed by atoms with Gasteiger partial charge in [0.2, 0.25) is 5.91 Å². The number of rotatable bonds is 10. The zero-order chi connectivity index (χ0) is 16.4. The van der Waals surface area contributed by atoms with Gasteiger partial charge >= 0.3 is 5.97 Å². The monoisotopic (exact) mass is 429 g/mol. The van der Waals surface area contributed by atoms with E-state index >= 15 is 0 Å². The number of hydrogen-bond acceptors (Lipinski definition) is 6. The average Bonchev–Trinajstić information content (AvgIpc) is 2.42. The van der Waals surface area contributed by atoms with E-state index in [-0.39, 0.29) is 18.6 Å². The van der Waals surface area contributed by atoms with Crippen LogP contribution in [-0.2, 0) is 14.4 Å². The van der Waals surface area contributed by atoms with Gasteiger partial charge in [-0.15, -0.1) is 11.8 Å². The summed E-state index contributed by atoms with van der Waals surface area (Å²) in [6.07, 6.45) is 0.0247. The number of alkyl halides is 1. The first-order valence-corrected chi connectivity index (χ1v) is 8.79. The molecule has 120 valence electrons. The van der Waals surface area contributed by atoms with E-state index in [0.29, 0.717) is 15.2 Å². The van der Waals surface area contributed by atoms with Crippen LogP contribution in [-0.4, -0.2) is 57.1 Å². The highest BCUT2D eigenvalue weighted by molar-refractivity contribution is 14.1. The molecular formula is C12H20IN3O4S. The molecule has 0 aromatic heterocycles. The first kappa shape index (κ1) is 20.3. The van der Waals surface area contributed by atoms with Crippen molar-refractivity contribution < 1.29 is 19.5 Å². The smallest absolute Gasteiger partial charge is 0.303 e. The lowest BCUT2D eigenvalue weighted by Gasteiger charge is -2.20. The normalized spacial score (nSPS) is 13.3. The molecule has 0 aromatic rings. The van der Waals surface area contributed by atoms with Gasteiger partial charge in [0.15, 0.2) is 5.78 Å². The molecule has 21 heavy (non-hydrogen) atoms. The van der Waals surface area contributed by atoms with E-state index in [1.54, 1.807) is 7.05 Å². The van der Waals surface area contributed by atoms with Crippen molar-refractivity contribution in [1.82, 2.24) is 10.6 Å². The minimum atomic E-state index is -0.975. The lowest BCUT2D eigenvalue weighted by atomic mass is 10.1. The second kappa shape index (κ2) is 11.0. The summed E-state index contributed by atoms with van der Waals surface area (Å²) in [4.78, 5) is 34.1. The van der Waals surface area contributed by atoms with Gasteiger partial charge < -0.3 is 15.7 Å². The molecule has 0 bridgehead atoms. The molecule has 0 unspecified atom stereocenters. The van der Waals surface area contributed by atoms with E-state index in [2.05, 4.69) is 33.2 Å². The molecule has 0 fully saturated rings. The van der Waals surface area contributed by atoms with Crippen LogP contribution in [0.2, 0.25) is 0 Å². The van der Waals surface area contributed by atoms with E-state index < -0.39 is 24.0 Å². The van der Waals surface area contributed by atoms with Gasteiger partial charge in [-0.05, 0) is 20.4 Å². The number of Topliss-reactive ketones (excluding diaryl/α,β-unsaturated/α-hetero) is 1. The third kappa shape index (κ3) is 9.04. The van der Waals surface area contributed by atoms with Crippen molar-refractivity contribution in [2.45, 2.75) is 31.8 Å². The molecule has 7 nitrogen and oxygen atoms in total. The van der Waals surface area contributed by atoms with Crippen LogP contribution in [0.4, 0.5) is 0 Å². The van der Waals surface area contributed by atoms with Crippen molar-refractivity contribution in [3.63, 3.8) is 0 Å². The molecule has 0 aromatic carbocycles. The molecule has 0 heterocycles. The zero-order valence-corrected chi connectivity index (χ0v) is 14.9. The van der Waals surface area contributed by atoms with Gasteiger partial charge in [-0.2, -0.15) is 0 Å². The summed E-state index contributed by atoms with van der Waals surface area (Å²) in [6, 6.07) is -1.33. The molecule has 0 aliphatic rings. The third-order valence-corrected chi connectivity index (χ3v) is 4.94. The van der Waals surface area contributed by atoms with Crippen molar-refractivity contribution in [3.05, 3.63) is 0 Å². The summed E-state index contributed by atoms with van der Waals surface area (Å²) >= 11 is 3.27. The lowest BCUT2D eigenvalue weighted by Crippen LogP contribution is -2.50. The molecule has 0 saturated carbocycles. The van der Waals surface area contributed by atoms with Gasteiger partial charge in [0.25, 0.3) is 0 Å². The van der Waals surface area contributed by atoms with Crippen LogP contribution in [0.1, 0.15) is 19.8 Å². The van der Waals surface area contributed by atoms with Crippen molar-refractivity contribution >= 4 is 57.1 Å². The molecule has 0 spiro atoms. The van der Waals surface area contributed by atoms with E-state index in [1.807, 2.05) is 0 Å². The first-order chi connectivity index (χ1) is 9.81. The Balaban J connectivity index is 4.53. The third-order valence-electron chi connectivity index (χ3n) is 2.66. The number of nitrogens with one attached hydrogen (secondary N) is 3. The molecule has 1 amide bonds. The number of halogens is 1. The summed E-state index contributed by atoms with van der Waals surface area (Å²) in [6.45, 7) is 1.38. The summed E-state index contributed by atoms with van der Waals surface area (Å²) in [5, 5.41) is 22.0. The molecule has 4 N–H and O–H groups in total. The number of amides is 1. The fourth-order valence-electron chi connectivity index (χ4n) is 1.43. The fraction of sp³-hybridized carbons (Fsp3) is 0.667. The average molecular weight is 429 g/mol. The Hall–Kier alpha value is -0.680. The number of hydrogen-bond donors (Lipinski definition) is 4. The Morgan fingerprint density at radius 1 is 1.33 bits per heavy atom. The Bertz CT molecular complexity index is 406. The zero-order valence-electron chi connectivity index (χ0n) is 11.9. The van der Waals surface area contributed by atoms with Crippen LogP contribution < -0.4 is 10.6 Å². The number of carbonyl (C=O) groups is 3. The Morgan fingerprint density at radius 2 is 1.95 bits per heavy atom. The van der Waals surface area contributed by atoms with Crippen molar-refractivity contribution in [3.8, 4) is 0 Å². The highest BCUT2D eigenvalue weighted by Crippen LogP contribution is 2.09. The van der Waals surface area contributed by atoms with Crippen LogP contribution in [0.15, 0.2) is 0 Å². The Kier molecular flexibility index (Phi) is 10.6. The molecule has 0 aliphatic heterocycles. The standard InChI is InChI=1S/C12H20IN3O4S/c1-7(17)9(6-21-10(14)5-13)16-12(20)8(15-2)3-4-11(18)19/h8-9,14-15H,3-6H2,1-2H3,(H,16,20)(H,18,19)/t8-,9-/m0/s1. The van der Waals surface area contributed by atoms with Gasteiger partial charge in [-0.3, -0.25) is 19.8 Å². The quantitative estimate of drug-likeness (QED) is 0.175. The molecule has 0 saturated heterocycles. The number of ketones is 1. The number of aliphatic carboxylic acids is 1. The number of thioether (sulfide) groups is 1. The Morgan fingerprint density at radius 3 is 2.38 bits per heavy atom. The SMILES string of the molecule is CN[C@@H](CCC(=O)O)C(=O)N[C@@H](CSC(=N)CI)C(C)=O. The maximum absolute atomic E-state index is 12.0. The Labute approximate surface area is 141 Å². The highest BCUT2D eigenvalue weighted by Gasteiger charge is 2.23. The van der Waals surface area contributed by atoms with Crippen LogP contribution in [0.3, 0.4) is 0 Å². The number of carboxylic acids is 1. The predicted molar refractivity (Wildman–Crippen MR) is 91.4 cm³/mol. The maximum Gasteiger partial charge on any atom is 0.303 e.